The summed E-state index contributed by atoms with van der Waals surface area (Å²) >= 11 is 0. The van der Waals surface area contributed by atoms with E-state index in [1.807, 2.05) is 6.07 Å². The molecule has 1 fully saturated rings. The van der Waals surface area contributed by atoms with Crippen molar-refractivity contribution in [3.05, 3.63) is 65.6 Å². The quantitative estimate of drug-likeness (QED) is 0.533. The molecule has 0 spiro atoms. The van der Waals surface area contributed by atoms with Crippen molar-refractivity contribution in [1.82, 2.24) is 14.6 Å². The molecule has 0 radical (unpaired) electrons. The number of hydrogen-bond donors (Lipinski definition) is 1. The Morgan fingerprint density at radius 2 is 1.94 bits per heavy atom. The van der Waals surface area contributed by atoms with Crippen LogP contribution in [-0.2, 0) is 10.0 Å². The molecule has 0 unspecified atom stereocenters. The smallest absolute Gasteiger partial charge is 0.334 e. The number of carbonyl (C=O) groups is 1. The number of amides is 1. The minimum atomic E-state index is -5.50. The standard InChI is InChI=1S/C23H21F4N3O3S/c1-14-11-16(24)5-6-18(14)15-4-7-21-20(12-15)19(8-9-28-21)22(31)30-10-2-3-17(30)13-29-34(32,33)23(25,26)27/h4-9,11-12,17,29H,2-3,10,13H2,1H3/t17-/m0/s1. The Bertz CT molecular complexity index is 1360. The summed E-state index contributed by atoms with van der Waals surface area (Å²) in [4.78, 5) is 19.1. The molecule has 1 atom stereocenters. The van der Waals surface area contributed by atoms with Crippen molar-refractivity contribution in [2.45, 2.75) is 31.3 Å². The van der Waals surface area contributed by atoms with E-state index in [-0.39, 0.29) is 12.4 Å². The van der Waals surface area contributed by atoms with Crippen LogP contribution in [-0.4, -0.2) is 48.8 Å². The minimum Gasteiger partial charge on any atom is -0.334 e. The van der Waals surface area contributed by atoms with Crippen LogP contribution in [0.1, 0.15) is 28.8 Å². The van der Waals surface area contributed by atoms with Gasteiger partial charge in [0.25, 0.3) is 5.91 Å². The van der Waals surface area contributed by atoms with Gasteiger partial charge in [-0.05, 0) is 66.8 Å². The fourth-order valence-electron chi connectivity index (χ4n) is 4.21. The van der Waals surface area contributed by atoms with E-state index in [1.165, 1.54) is 29.3 Å². The third-order valence-electron chi connectivity index (χ3n) is 5.92. The summed E-state index contributed by atoms with van der Waals surface area (Å²) in [7, 11) is -5.50. The third kappa shape index (κ3) is 4.62. The zero-order valence-electron chi connectivity index (χ0n) is 18.1. The summed E-state index contributed by atoms with van der Waals surface area (Å²) in [5.41, 5.74) is -2.32. The SMILES string of the molecule is Cc1cc(F)ccc1-c1ccc2nccc(C(=O)N3CCC[C@H]3CNS(=O)(=O)C(F)(F)F)c2c1. The highest BCUT2D eigenvalue weighted by atomic mass is 32.2. The first-order valence-electron chi connectivity index (χ1n) is 10.5. The summed E-state index contributed by atoms with van der Waals surface area (Å²) in [5, 5.41) is 0.537. The number of carbonyl (C=O) groups excluding carboxylic acids is 1. The molecule has 0 saturated carbocycles. The predicted molar refractivity (Wildman–Crippen MR) is 119 cm³/mol. The molecule has 1 aliphatic heterocycles. The Balaban J connectivity index is 1.65. The van der Waals surface area contributed by atoms with Crippen LogP contribution in [0.3, 0.4) is 0 Å². The molecular formula is C23H21F4N3O3S. The number of fused-ring (bicyclic) bond motifs is 1. The molecule has 1 saturated heterocycles. The summed E-state index contributed by atoms with van der Waals surface area (Å²) in [6.07, 6.45) is 2.37. The van der Waals surface area contributed by atoms with E-state index in [9.17, 15) is 30.8 Å². The number of pyridine rings is 1. The second-order valence-corrected chi connectivity index (χ2v) is 9.90. The summed E-state index contributed by atoms with van der Waals surface area (Å²) in [6.45, 7) is 1.53. The van der Waals surface area contributed by atoms with Crippen molar-refractivity contribution in [3.8, 4) is 11.1 Å². The third-order valence-corrected chi connectivity index (χ3v) is 7.08. The number of nitrogens with one attached hydrogen (secondary N) is 1. The number of alkyl halides is 3. The fourth-order valence-corrected chi connectivity index (χ4v) is 4.78. The molecule has 1 N–H and O–H groups in total. The normalized spacial score (nSPS) is 16.9. The van der Waals surface area contributed by atoms with Gasteiger partial charge in [0.05, 0.1) is 11.1 Å². The van der Waals surface area contributed by atoms with Gasteiger partial charge in [0.2, 0.25) is 0 Å². The number of halogens is 4. The molecule has 6 nitrogen and oxygen atoms in total. The van der Waals surface area contributed by atoms with Crippen molar-refractivity contribution in [3.63, 3.8) is 0 Å². The molecule has 1 amide bonds. The number of likely N-dealkylation sites (tertiary alicyclic amines) is 1. The maximum absolute atomic E-state index is 13.5. The molecule has 11 heteroatoms. The van der Waals surface area contributed by atoms with E-state index >= 15 is 0 Å². The van der Waals surface area contributed by atoms with E-state index < -0.39 is 34.0 Å². The molecule has 1 aromatic heterocycles. The largest absolute Gasteiger partial charge is 0.511 e. The Morgan fingerprint density at radius 1 is 1.18 bits per heavy atom. The second-order valence-electron chi connectivity index (χ2n) is 8.14. The first-order valence-corrected chi connectivity index (χ1v) is 12.0. The lowest BCUT2D eigenvalue weighted by molar-refractivity contribution is -0.0448. The van der Waals surface area contributed by atoms with Gasteiger partial charge in [-0.2, -0.15) is 13.2 Å². The van der Waals surface area contributed by atoms with Gasteiger partial charge < -0.3 is 4.90 Å². The van der Waals surface area contributed by atoms with Gasteiger partial charge in [-0.1, -0.05) is 12.1 Å². The molecule has 2 heterocycles. The zero-order valence-corrected chi connectivity index (χ0v) is 18.9. The number of benzene rings is 2. The first kappa shape index (κ1) is 24.1. The maximum atomic E-state index is 13.5. The second kappa shape index (κ2) is 8.95. The fraction of sp³-hybridized carbons (Fsp3) is 0.304. The van der Waals surface area contributed by atoms with Crippen LogP contribution in [0.25, 0.3) is 22.0 Å². The average molecular weight is 495 g/mol. The lowest BCUT2D eigenvalue weighted by Gasteiger charge is -2.25. The van der Waals surface area contributed by atoms with E-state index in [1.54, 1.807) is 29.8 Å². The monoisotopic (exact) mass is 495 g/mol. The van der Waals surface area contributed by atoms with Crippen LogP contribution in [0.15, 0.2) is 48.7 Å². The minimum absolute atomic E-state index is 0.290. The summed E-state index contributed by atoms with van der Waals surface area (Å²) in [5.74, 6) is -0.783. The van der Waals surface area contributed by atoms with Crippen LogP contribution in [0.5, 0.6) is 0 Å². The molecular weight excluding hydrogens is 474 g/mol. The van der Waals surface area contributed by atoms with Crippen LogP contribution in [0, 0.1) is 12.7 Å². The number of hydrogen-bond acceptors (Lipinski definition) is 4. The van der Waals surface area contributed by atoms with Gasteiger partial charge in [0.1, 0.15) is 5.82 Å². The average Bonchev–Trinajstić information content (AvgIpc) is 3.24. The van der Waals surface area contributed by atoms with Crippen LogP contribution < -0.4 is 4.72 Å². The lowest BCUT2D eigenvalue weighted by atomic mass is 9.97. The zero-order chi connectivity index (χ0) is 24.7. The van der Waals surface area contributed by atoms with Crippen molar-refractivity contribution >= 4 is 26.8 Å². The van der Waals surface area contributed by atoms with Crippen molar-refractivity contribution in [2.24, 2.45) is 0 Å². The Kier molecular flexibility index (Phi) is 6.34. The highest BCUT2D eigenvalue weighted by Crippen LogP contribution is 2.30. The number of rotatable bonds is 5. The first-order chi connectivity index (χ1) is 16.0. The van der Waals surface area contributed by atoms with Gasteiger partial charge in [-0.15, -0.1) is 0 Å². The van der Waals surface area contributed by atoms with E-state index in [4.69, 9.17) is 0 Å². The highest BCUT2D eigenvalue weighted by molar-refractivity contribution is 7.90. The Labute approximate surface area is 193 Å². The molecule has 1 aliphatic rings. The highest BCUT2D eigenvalue weighted by Gasteiger charge is 2.46. The van der Waals surface area contributed by atoms with E-state index in [0.717, 1.165) is 11.1 Å². The molecule has 3 aromatic rings. The van der Waals surface area contributed by atoms with Crippen molar-refractivity contribution in [2.75, 3.05) is 13.1 Å². The number of aromatic nitrogens is 1. The van der Waals surface area contributed by atoms with Crippen molar-refractivity contribution < 1.29 is 30.8 Å². The van der Waals surface area contributed by atoms with E-state index in [0.29, 0.717) is 34.9 Å². The van der Waals surface area contributed by atoms with Crippen molar-refractivity contribution in [1.29, 1.82) is 0 Å². The van der Waals surface area contributed by atoms with Crippen LogP contribution in [0.4, 0.5) is 17.6 Å². The molecule has 2 aromatic carbocycles. The molecule has 34 heavy (non-hydrogen) atoms. The van der Waals surface area contributed by atoms with Gasteiger partial charge >= 0.3 is 15.5 Å². The Morgan fingerprint density at radius 3 is 2.65 bits per heavy atom. The van der Waals surface area contributed by atoms with E-state index in [2.05, 4.69) is 4.98 Å². The van der Waals surface area contributed by atoms with Crippen LogP contribution >= 0.6 is 0 Å². The molecule has 180 valence electrons. The summed E-state index contributed by atoms with van der Waals surface area (Å²) < 4.78 is 75.9. The maximum Gasteiger partial charge on any atom is 0.511 e. The number of nitrogens with zero attached hydrogens (tertiary/aromatic N) is 2. The van der Waals surface area contributed by atoms with Gasteiger partial charge in [-0.3, -0.25) is 9.78 Å². The van der Waals surface area contributed by atoms with Crippen LogP contribution in [0.2, 0.25) is 0 Å². The van der Waals surface area contributed by atoms with Gasteiger partial charge in [-0.25, -0.2) is 17.5 Å². The molecule has 0 bridgehead atoms. The molecule has 4 rings (SSSR count). The lowest BCUT2D eigenvalue weighted by Crippen LogP contribution is -2.46. The summed E-state index contributed by atoms with van der Waals surface area (Å²) in [6, 6.07) is 10.5. The van der Waals surface area contributed by atoms with Gasteiger partial charge in [0, 0.05) is 30.7 Å². The van der Waals surface area contributed by atoms with Gasteiger partial charge in [0.15, 0.2) is 0 Å². The Hall–Kier alpha value is -3.05. The predicted octanol–water partition coefficient (Wildman–Crippen LogP) is 4.39. The topological polar surface area (TPSA) is 79.4 Å². The molecule has 0 aliphatic carbocycles. The number of sulfonamides is 1. The number of aryl methyl sites for hydroxylation is 1.